The molecular formula is C19H26N4O2S2. The third-order valence-corrected chi connectivity index (χ3v) is 6.34. The number of fused-ring (bicyclic) bond motifs is 1. The summed E-state index contributed by atoms with van der Waals surface area (Å²) in [6.45, 7) is 6.95. The van der Waals surface area contributed by atoms with Crippen molar-refractivity contribution in [2.45, 2.75) is 59.0 Å². The molecule has 1 unspecified atom stereocenters. The van der Waals surface area contributed by atoms with Crippen LogP contribution >= 0.6 is 23.6 Å². The number of rotatable bonds is 5. The van der Waals surface area contributed by atoms with E-state index in [1.807, 2.05) is 17.8 Å². The Morgan fingerprint density at radius 1 is 1.44 bits per heavy atom. The average molecular weight is 407 g/mol. The zero-order chi connectivity index (χ0) is 19.6. The second-order valence-corrected chi connectivity index (χ2v) is 8.27. The summed E-state index contributed by atoms with van der Waals surface area (Å²) in [5.41, 5.74) is 3.86. The van der Waals surface area contributed by atoms with Gasteiger partial charge < -0.3 is 15.4 Å². The molecule has 0 fully saturated rings. The molecule has 0 amide bonds. The van der Waals surface area contributed by atoms with Crippen LogP contribution in [-0.2, 0) is 24.1 Å². The van der Waals surface area contributed by atoms with E-state index in [9.17, 15) is 4.79 Å². The number of esters is 1. The number of thiocarbonyl (C=S) groups is 1. The SMILES string of the molecule is CCn1cc(C(C)NC(=S)Nc2sc3c(c2C(=O)OC)CCCC3)c(C)n1. The van der Waals surface area contributed by atoms with Gasteiger partial charge in [-0.2, -0.15) is 5.10 Å². The fourth-order valence-corrected chi connectivity index (χ4v) is 5.13. The number of aryl methyl sites for hydroxylation is 3. The van der Waals surface area contributed by atoms with Gasteiger partial charge in [-0.25, -0.2) is 4.79 Å². The van der Waals surface area contributed by atoms with Crippen LogP contribution in [0, 0.1) is 6.92 Å². The predicted octanol–water partition coefficient (Wildman–Crippen LogP) is 3.99. The number of methoxy groups -OCH3 is 1. The molecule has 27 heavy (non-hydrogen) atoms. The summed E-state index contributed by atoms with van der Waals surface area (Å²) in [4.78, 5) is 13.6. The summed E-state index contributed by atoms with van der Waals surface area (Å²) < 4.78 is 6.94. The Bertz CT molecular complexity index is 856. The molecule has 0 aromatic carbocycles. The van der Waals surface area contributed by atoms with Gasteiger partial charge in [0.25, 0.3) is 0 Å². The molecule has 0 bridgehead atoms. The average Bonchev–Trinajstić information content (AvgIpc) is 3.20. The van der Waals surface area contributed by atoms with Crippen molar-refractivity contribution >= 4 is 39.6 Å². The first-order valence-electron chi connectivity index (χ1n) is 9.28. The number of anilines is 1. The molecule has 146 valence electrons. The van der Waals surface area contributed by atoms with Crippen LogP contribution in [0.15, 0.2) is 6.20 Å². The minimum atomic E-state index is -0.298. The second-order valence-electron chi connectivity index (χ2n) is 6.75. The van der Waals surface area contributed by atoms with Gasteiger partial charge in [0, 0.05) is 23.2 Å². The van der Waals surface area contributed by atoms with Gasteiger partial charge in [0.05, 0.1) is 24.4 Å². The molecular weight excluding hydrogens is 380 g/mol. The highest BCUT2D eigenvalue weighted by Gasteiger charge is 2.26. The summed E-state index contributed by atoms with van der Waals surface area (Å²) in [6.07, 6.45) is 6.24. The normalized spacial score (nSPS) is 14.4. The van der Waals surface area contributed by atoms with Crippen LogP contribution in [0.4, 0.5) is 5.00 Å². The van der Waals surface area contributed by atoms with Crippen LogP contribution in [0.5, 0.6) is 0 Å². The maximum Gasteiger partial charge on any atom is 0.341 e. The highest BCUT2D eigenvalue weighted by molar-refractivity contribution is 7.80. The van der Waals surface area contributed by atoms with Gasteiger partial charge >= 0.3 is 5.97 Å². The molecule has 1 aliphatic carbocycles. The lowest BCUT2D eigenvalue weighted by atomic mass is 9.95. The standard InChI is InChI=1S/C19H26N4O2S2/c1-5-23-10-14(12(3)22-23)11(2)20-19(26)21-17-16(18(24)25-4)13-8-6-7-9-15(13)27-17/h10-11H,5-9H2,1-4H3,(H2,20,21,26). The van der Waals surface area contributed by atoms with Crippen LogP contribution in [0.25, 0.3) is 0 Å². The number of ether oxygens (including phenoxy) is 1. The van der Waals surface area contributed by atoms with E-state index in [0.717, 1.165) is 54.0 Å². The lowest BCUT2D eigenvalue weighted by Gasteiger charge is -2.16. The number of thiophene rings is 1. The van der Waals surface area contributed by atoms with Gasteiger partial charge in [-0.1, -0.05) is 0 Å². The van der Waals surface area contributed by atoms with Crippen molar-refractivity contribution in [3.05, 3.63) is 33.5 Å². The van der Waals surface area contributed by atoms with Crippen molar-refractivity contribution in [1.82, 2.24) is 15.1 Å². The molecule has 0 radical (unpaired) electrons. The molecule has 2 heterocycles. The maximum atomic E-state index is 12.3. The van der Waals surface area contributed by atoms with Gasteiger partial charge in [-0.3, -0.25) is 4.68 Å². The molecule has 8 heteroatoms. The Balaban J connectivity index is 1.76. The number of hydrogen-bond donors (Lipinski definition) is 2. The molecule has 2 aromatic heterocycles. The second kappa shape index (κ2) is 8.39. The van der Waals surface area contributed by atoms with Crippen LogP contribution < -0.4 is 10.6 Å². The van der Waals surface area contributed by atoms with Crippen molar-refractivity contribution in [3.8, 4) is 0 Å². The molecule has 2 N–H and O–H groups in total. The van der Waals surface area contributed by atoms with Crippen LogP contribution in [0.1, 0.15) is 64.8 Å². The van der Waals surface area contributed by atoms with Crippen molar-refractivity contribution in [2.24, 2.45) is 0 Å². The van der Waals surface area contributed by atoms with E-state index in [2.05, 4.69) is 29.6 Å². The van der Waals surface area contributed by atoms with Gasteiger partial charge in [0.1, 0.15) is 5.00 Å². The van der Waals surface area contributed by atoms with E-state index < -0.39 is 0 Å². The Labute approximate surface area is 169 Å². The minimum absolute atomic E-state index is 0.0152. The Morgan fingerprint density at radius 3 is 2.85 bits per heavy atom. The summed E-state index contributed by atoms with van der Waals surface area (Å²) >= 11 is 7.13. The Hall–Kier alpha value is -1.93. The van der Waals surface area contributed by atoms with Crippen LogP contribution in [-0.4, -0.2) is 28.0 Å². The highest BCUT2D eigenvalue weighted by atomic mass is 32.1. The third-order valence-electron chi connectivity index (χ3n) is 4.91. The molecule has 0 aliphatic heterocycles. The lowest BCUT2D eigenvalue weighted by molar-refractivity contribution is 0.0601. The van der Waals surface area contributed by atoms with Crippen LogP contribution in [0.3, 0.4) is 0 Å². The topological polar surface area (TPSA) is 68.2 Å². The molecule has 1 atom stereocenters. The van der Waals surface area contributed by atoms with Crippen molar-refractivity contribution in [2.75, 3.05) is 12.4 Å². The molecule has 0 saturated carbocycles. The smallest absolute Gasteiger partial charge is 0.341 e. The van der Waals surface area contributed by atoms with Crippen LogP contribution in [0.2, 0.25) is 0 Å². The first-order valence-corrected chi connectivity index (χ1v) is 10.5. The fourth-order valence-electron chi connectivity index (χ4n) is 3.51. The van der Waals surface area contributed by atoms with Gasteiger partial charge in [0.15, 0.2) is 5.11 Å². The fraction of sp³-hybridized carbons (Fsp3) is 0.526. The minimum Gasteiger partial charge on any atom is -0.465 e. The quantitative estimate of drug-likeness (QED) is 0.578. The van der Waals surface area contributed by atoms with Gasteiger partial charge in [0.2, 0.25) is 0 Å². The van der Waals surface area contributed by atoms with E-state index >= 15 is 0 Å². The summed E-state index contributed by atoms with van der Waals surface area (Å²) in [5, 5.41) is 12.3. The monoisotopic (exact) mass is 406 g/mol. The maximum absolute atomic E-state index is 12.3. The van der Waals surface area contributed by atoms with E-state index in [0.29, 0.717) is 10.7 Å². The number of carbonyl (C=O) groups is 1. The number of hydrogen-bond acceptors (Lipinski definition) is 5. The number of nitrogens with one attached hydrogen (secondary N) is 2. The molecule has 1 aliphatic rings. The predicted molar refractivity (Wildman–Crippen MR) is 113 cm³/mol. The van der Waals surface area contributed by atoms with E-state index in [1.165, 1.54) is 12.0 Å². The molecule has 0 saturated heterocycles. The first-order chi connectivity index (χ1) is 12.9. The van der Waals surface area contributed by atoms with Crippen molar-refractivity contribution < 1.29 is 9.53 Å². The zero-order valence-corrected chi connectivity index (χ0v) is 17.9. The number of carbonyl (C=O) groups excluding carboxylic acids is 1. The third kappa shape index (κ3) is 4.16. The largest absolute Gasteiger partial charge is 0.465 e. The summed E-state index contributed by atoms with van der Waals surface area (Å²) in [7, 11) is 1.42. The van der Waals surface area contributed by atoms with E-state index in [1.54, 1.807) is 11.3 Å². The molecule has 0 spiro atoms. The molecule has 6 nitrogen and oxygen atoms in total. The summed E-state index contributed by atoms with van der Waals surface area (Å²) in [6, 6.07) is 0.0152. The Kier molecular flexibility index (Phi) is 6.16. The summed E-state index contributed by atoms with van der Waals surface area (Å²) in [5.74, 6) is -0.298. The first kappa shape index (κ1) is 19.8. The lowest BCUT2D eigenvalue weighted by Crippen LogP contribution is -2.31. The highest BCUT2D eigenvalue weighted by Crippen LogP contribution is 2.38. The number of nitrogens with zero attached hydrogens (tertiary/aromatic N) is 2. The Morgan fingerprint density at radius 2 is 2.19 bits per heavy atom. The molecule has 2 aromatic rings. The van der Waals surface area contributed by atoms with Gasteiger partial charge in [-0.15, -0.1) is 11.3 Å². The number of aromatic nitrogens is 2. The molecule has 3 rings (SSSR count). The van der Waals surface area contributed by atoms with E-state index in [-0.39, 0.29) is 12.0 Å². The van der Waals surface area contributed by atoms with E-state index in [4.69, 9.17) is 17.0 Å². The zero-order valence-electron chi connectivity index (χ0n) is 16.2. The van der Waals surface area contributed by atoms with Crippen molar-refractivity contribution in [1.29, 1.82) is 0 Å². The van der Waals surface area contributed by atoms with Crippen molar-refractivity contribution in [3.63, 3.8) is 0 Å². The van der Waals surface area contributed by atoms with Gasteiger partial charge in [-0.05, 0) is 64.2 Å².